The Kier molecular flexibility index (Phi) is 5.81. The molecule has 0 aliphatic carbocycles. The largest absolute Gasteiger partial charge is 0.477 e. The lowest BCUT2D eigenvalue weighted by molar-refractivity contribution is 0.331. The Hall–Kier alpha value is -2.00. The van der Waals surface area contributed by atoms with Gasteiger partial charge in [0, 0.05) is 36.5 Å². The molecular formula is C17H20IN7OS. The number of aromatic nitrogens is 5. The van der Waals surface area contributed by atoms with Crippen LogP contribution in [0.3, 0.4) is 0 Å². The normalized spacial score (nSPS) is 11.6. The van der Waals surface area contributed by atoms with Crippen molar-refractivity contribution in [2.45, 2.75) is 34.2 Å². The zero-order chi connectivity index (χ0) is 19.6. The van der Waals surface area contributed by atoms with Crippen LogP contribution in [0, 0.1) is 23.7 Å². The number of nitrogens with one attached hydrogen (secondary N) is 1. The number of halogens is 1. The van der Waals surface area contributed by atoms with Crippen molar-refractivity contribution in [1.29, 1.82) is 5.26 Å². The summed E-state index contributed by atoms with van der Waals surface area (Å²) in [5.41, 5.74) is 2.00. The van der Waals surface area contributed by atoms with E-state index in [2.05, 4.69) is 47.7 Å². The molecular weight excluding hydrogens is 477 g/mol. The van der Waals surface area contributed by atoms with Crippen LogP contribution in [0.25, 0.3) is 11.0 Å². The van der Waals surface area contributed by atoms with E-state index < -0.39 is 5.41 Å². The highest BCUT2D eigenvalue weighted by atomic mass is 127. The molecule has 0 atom stereocenters. The van der Waals surface area contributed by atoms with E-state index in [4.69, 9.17) is 4.74 Å². The van der Waals surface area contributed by atoms with Gasteiger partial charge >= 0.3 is 0 Å². The van der Waals surface area contributed by atoms with Crippen molar-refractivity contribution in [3.63, 3.8) is 0 Å². The van der Waals surface area contributed by atoms with Crippen molar-refractivity contribution in [3.05, 3.63) is 24.2 Å². The van der Waals surface area contributed by atoms with Crippen LogP contribution in [0.2, 0.25) is 0 Å². The molecule has 1 N–H and O–H groups in total. The van der Waals surface area contributed by atoms with E-state index in [1.54, 1.807) is 6.20 Å². The minimum atomic E-state index is -0.496. The van der Waals surface area contributed by atoms with Crippen LogP contribution in [0.1, 0.15) is 26.5 Å². The molecule has 0 radical (unpaired) electrons. The van der Waals surface area contributed by atoms with Gasteiger partial charge in [0.1, 0.15) is 0 Å². The first-order valence-electron chi connectivity index (χ1n) is 8.40. The molecule has 27 heavy (non-hydrogen) atoms. The molecule has 0 amide bonds. The topological polar surface area (TPSA) is 93.6 Å². The van der Waals surface area contributed by atoms with Gasteiger partial charge in [0.15, 0.2) is 5.65 Å². The third-order valence-electron chi connectivity index (χ3n) is 4.03. The molecule has 3 aromatic heterocycles. The molecule has 0 saturated carbocycles. The van der Waals surface area contributed by atoms with Crippen LogP contribution in [-0.4, -0.2) is 30.3 Å². The molecule has 3 heterocycles. The maximum Gasteiger partial charge on any atom is 0.232 e. The minimum absolute atomic E-state index is 0.443. The number of hydrogen-bond donors (Lipinski definition) is 1. The Bertz CT molecular complexity index is 1000. The first-order valence-corrected chi connectivity index (χ1v) is 11.7. The van der Waals surface area contributed by atoms with Gasteiger partial charge in [0.05, 0.1) is 47.6 Å². The Morgan fingerprint density at radius 3 is 2.85 bits per heavy atom. The van der Waals surface area contributed by atoms with Gasteiger partial charge in [-0.1, -0.05) is 0 Å². The first-order chi connectivity index (χ1) is 12.9. The standard InChI is InChI=1S/C17H20IN7OS/c1-5-26-15-12-6-7-25(27-18)14(12)22-16(23-15)21-13-8-20-24(11(13)2)10-17(3,4)9-19/h6-8H,5,10H2,1-4H3,(H,21,22,23). The van der Waals surface area contributed by atoms with Gasteiger partial charge in [-0.2, -0.15) is 20.3 Å². The van der Waals surface area contributed by atoms with E-state index in [-0.39, 0.29) is 0 Å². The van der Waals surface area contributed by atoms with Crippen LogP contribution >= 0.6 is 30.3 Å². The Morgan fingerprint density at radius 1 is 1.41 bits per heavy atom. The van der Waals surface area contributed by atoms with Gasteiger partial charge < -0.3 is 10.1 Å². The average Bonchev–Trinajstić information content (AvgIpc) is 3.20. The van der Waals surface area contributed by atoms with Crippen molar-refractivity contribution >= 4 is 53.0 Å². The molecule has 0 unspecified atom stereocenters. The maximum absolute atomic E-state index is 9.25. The van der Waals surface area contributed by atoms with Crippen LogP contribution in [0.15, 0.2) is 18.5 Å². The maximum atomic E-state index is 9.25. The third kappa shape index (κ3) is 4.14. The molecule has 10 heteroatoms. The quantitative estimate of drug-likeness (QED) is 0.482. The van der Waals surface area contributed by atoms with Crippen LogP contribution in [-0.2, 0) is 6.54 Å². The molecule has 0 saturated heterocycles. The van der Waals surface area contributed by atoms with Crippen LogP contribution in [0.5, 0.6) is 5.88 Å². The second-order valence-corrected chi connectivity index (χ2v) is 8.37. The minimum Gasteiger partial charge on any atom is -0.477 e. The van der Waals surface area contributed by atoms with Gasteiger partial charge in [0.25, 0.3) is 0 Å². The SMILES string of the molecule is CCOc1nc(Nc2cnn(CC(C)(C)C#N)c2C)nc2c1ccn2SI. The summed E-state index contributed by atoms with van der Waals surface area (Å²) in [4.78, 5) is 9.15. The van der Waals surface area contributed by atoms with Crippen molar-refractivity contribution in [2.75, 3.05) is 11.9 Å². The van der Waals surface area contributed by atoms with E-state index in [0.29, 0.717) is 25.0 Å². The van der Waals surface area contributed by atoms with Gasteiger partial charge in [0.2, 0.25) is 11.8 Å². The highest BCUT2D eigenvalue weighted by Crippen LogP contribution is 2.31. The van der Waals surface area contributed by atoms with Crippen LogP contribution in [0.4, 0.5) is 11.6 Å². The molecule has 0 aliphatic rings. The molecule has 0 spiro atoms. The summed E-state index contributed by atoms with van der Waals surface area (Å²) in [6, 6.07) is 4.25. The number of nitrogens with zero attached hydrogens (tertiary/aromatic N) is 6. The number of nitriles is 1. The predicted octanol–water partition coefficient (Wildman–Crippen LogP) is 4.47. The predicted molar refractivity (Wildman–Crippen MR) is 115 cm³/mol. The zero-order valence-electron chi connectivity index (χ0n) is 15.5. The summed E-state index contributed by atoms with van der Waals surface area (Å²) in [7, 11) is 1.53. The van der Waals surface area contributed by atoms with Crippen molar-refractivity contribution < 1.29 is 4.74 Å². The van der Waals surface area contributed by atoms with E-state index in [0.717, 1.165) is 22.4 Å². The van der Waals surface area contributed by atoms with Gasteiger partial charge in [-0.25, -0.2) is 0 Å². The molecule has 0 fully saturated rings. The number of hydrogen-bond acceptors (Lipinski definition) is 7. The average molecular weight is 497 g/mol. The lowest BCUT2D eigenvalue weighted by atomic mass is 9.96. The number of fused-ring (bicyclic) bond motifs is 1. The number of anilines is 2. The molecule has 142 valence electrons. The van der Waals surface area contributed by atoms with Crippen molar-refractivity contribution in [1.82, 2.24) is 23.7 Å². The summed E-state index contributed by atoms with van der Waals surface area (Å²) in [5, 5.41) is 17.8. The Labute approximate surface area is 174 Å². The Balaban J connectivity index is 1.95. The highest BCUT2D eigenvalue weighted by molar-refractivity contribution is 14.2. The van der Waals surface area contributed by atoms with Gasteiger partial charge in [-0.3, -0.25) is 8.65 Å². The monoisotopic (exact) mass is 497 g/mol. The zero-order valence-corrected chi connectivity index (χ0v) is 18.5. The number of ether oxygens (including phenoxy) is 1. The summed E-state index contributed by atoms with van der Waals surface area (Å²) in [5.74, 6) is 0.989. The van der Waals surface area contributed by atoms with Crippen molar-refractivity contribution in [3.8, 4) is 11.9 Å². The van der Waals surface area contributed by atoms with E-state index >= 15 is 0 Å². The van der Waals surface area contributed by atoms with Crippen molar-refractivity contribution in [2.24, 2.45) is 5.41 Å². The molecule has 3 rings (SSSR count). The first kappa shape index (κ1) is 19.8. The lowest BCUT2D eigenvalue weighted by Gasteiger charge is -2.16. The second-order valence-electron chi connectivity index (χ2n) is 6.66. The smallest absolute Gasteiger partial charge is 0.232 e. The number of rotatable bonds is 7. The Morgan fingerprint density at radius 2 is 2.19 bits per heavy atom. The molecule has 8 nitrogen and oxygen atoms in total. The summed E-state index contributed by atoms with van der Waals surface area (Å²) < 4.78 is 9.47. The molecule has 0 aromatic carbocycles. The van der Waals surface area contributed by atoms with E-state index in [1.807, 2.05) is 48.6 Å². The molecule has 3 aromatic rings. The van der Waals surface area contributed by atoms with Gasteiger partial charge in [-0.15, -0.1) is 0 Å². The fourth-order valence-electron chi connectivity index (χ4n) is 2.58. The molecule has 0 aliphatic heterocycles. The van der Waals surface area contributed by atoms with Gasteiger partial charge in [-0.05, 0) is 33.8 Å². The summed E-state index contributed by atoms with van der Waals surface area (Å²) in [6.07, 6.45) is 3.67. The van der Waals surface area contributed by atoms with Crippen LogP contribution < -0.4 is 10.1 Å². The highest BCUT2D eigenvalue weighted by Gasteiger charge is 2.20. The third-order valence-corrected chi connectivity index (χ3v) is 5.75. The fourth-order valence-corrected chi connectivity index (χ4v) is 3.85. The summed E-state index contributed by atoms with van der Waals surface area (Å²) >= 11 is 2.21. The molecule has 0 bridgehead atoms. The van der Waals surface area contributed by atoms with E-state index in [1.165, 1.54) is 9.12 Å². The second kappa shape index (κ2) is 7.93. The lowest BCUT2D eigenvalue weighted by Crippen LogP contribution is -2.19. The summed E-state index contributed by atoms with van der Waals surface area (Å²) in [6.45, 7) is 8.69. The van der Waals surface area contributed by atoms with E-state index in [9.17, 15) is 5.26 Å². The fraction of sp³-hybridized carbons (Fsp3) is 0.412.